The van der Waals surface area contributed by atoms with Gasteiger partial charge >= 0.3 is 0 Å². The summed E-state index contributed by atoms with van der Waals surface area (Å²) in [5, 5.41) is 1.71. The molecule has 94 valence electrons. The van der Waals surface area contributed by atoms with Gasteiger partial charge < -0.3 is 5.73 Å². The van der Waals surface area contributed by atoms with Gasteiger partial charge in [-0.25, -0.2) is 13.1 Å². The van der Waals surface area contributed by atoms with Crippen LogP contribution >= 0.6 is 0 Å². The van der Waals surface area contributed by atoms with E-state index < -0.39 is 10.0 Å². The van der Waals surface area contributed by atoms with Crippen LogP contribution in [0.15, 0.2) is 23.1 Å². The van der Waals surface area contributed by atoms with E-state index in [1.807, 2.05) is 0 Å². The molecule has 1 aliphatic heterocycles. The number of nitrogens with two attached hydrogens (primary N) is 1. The fraction of sp³-hybridized carbons (Fsp3) is 0.400. The van der Waals surface area contributed by atoms with E-state index >= 15 is 0 Å². The molecule has 0 aromatic heterocycles. The number of hydroxylamine groups is 1. The maximum Gasteiger partial charge on any atom is 0.242 e. The minimum atomic E-state index is -3.50. The van der Waals surface area contributed by atoms with Gasteiger partial charge in [-0.3, -0.25) is 9.90 Å². The first-order chi connectivity index (χ1) is 8.04. The molecule has 0 aliphatic carbocycles. The largest absolute Gasteiger partial charge is 0.398 e. The van der Waals surface area contributed by atoms with Crippen molar-refractivity contribution < 1.29 is 13.3 Å². The SMILES string of the molecule is CNS(=O)(=O)c1ccc(N2CCCO2)cc1N. The maximum atomic E-state index is 11.6. The standard InChI is InChI=1S/C10H15N3O3S/c1-12-17(14,15)10-4-3-8(7-9(10)11)13-5-2-6-16-13/h3-4,7,12H,2,5-6,11H2,1H3. The number of sulfonamides is 1. The fourth-order valence-corrected chi connectivity index (χ4v) is 2.53. The lowest BCUT2D eigenvalue weighted by Crippen LogP contribution is -2.21. The molecule has 0 atom stereocenters. The van der Waals surface area contributed by atoms with Crippen LogP contribution in [0.2, 0.25) is 0 Å². The van der Waals surface area contributed by atoms with Crippen molar-refractivity contribution in [3.63, 3.8) is 0 Å². The summed E-state index contributed by atoms with van der Waals surface area (Å²) in [7, 11) is -2.15. The summed E-state index contributed by atoms with van der Waals surface area (Å²) >= 11 is 0. The van der Waals surface area contributed by atoms with E-state index in [1.165, 1.54) is 13.1 Å². The Morgan fingerprint density at radius 3 is 2.76 bits per heavy atom. The van der Waals surface area contributed by atoms with E-state index in [4.69, 9.17) is 10.6 Å². The Morgan fingerprint density at radius 1 is 1.47 bits per heavy atom. The minimum absolute atomic E-state index is 0.0861. The van der Waals surface area contributed by atoms with Crippen molar-refractivity contribution in [1.29, 1.82) is 0 Å². The van der Waals surface area contributed by atoms with Crippen molar-refractivity contribution in [3.8, 4) is 0 Å². The quantitative estimate of drug-likeness (QED) is 0.762. The molecule has 0 bridgehead atoms. The molecule has 1 heterocycles. The van der Waals surface area contributed by atoms with Gasteiger partial charge in [0.1, 0.15) is 4.90 Å². The monoisotopic (exact) mass is 257 g/mol. The third-order valence-electron chi connectivity index (χ3n) is 2.59. The van der Waals surface area contributed by atoms with Crippen LogP contribution in [0.25, 0.3) is 0 Å². The zero-order valence-electron chi connectivity index (χ0n) is 9.51. The second kappa shape index (κ2) is 4.52. The van der Waals surface area contributed by atoms with Crippen LogP contribution in [0.3, 0.4) is 0 Å². The lowest BCUT2D eigenvalue weighted by atomic mass is 10.3. The number of hydrogen-bond acceptors (Lipinski definition) is 5. The summed E-state index contributed by atoms with van der Waals surface area (Å²) in [6.45, 7) is 1.47. The van der Waals surface area contributed by atoms with Gasteiger partial charge in [0.15, 0.2) is 0 Å². The van der Waals surface area contributed by atoms with Crippen molar-refractivity contribution in [3.05, 3.63) is 18.2 Å². The molecule has 17 heavy (non-hydrogen) atoms. The molecule has 0 unspecified atom stereocenters. The molecule has 2 rings (SSSR count). The Hall–Kier alpha value is -1.31. The lowest BCUT2D eigenvalue weighted by Gasteiger charge is -2.17. The number of anilines is 2. The van der Waals surface area contributed by atoms with Crippen LogP contribution in [0.4, 0.5) is 11.4 Å². The average molecular weight is 257 g/mol. The normalized spacial score (nSPS) is 16.4. The van der Waals surface area contributed by atoms with Crippen molar-refractivity contribution >= 4 is 21.4 Å². The molecule has 1 aromatic carbocycles. The predicted molar refractivity (Wildman–Crippen MR) is 65.0 cm³/mol. The Balaban J connectivity index is 2.35. The number of nitrogens with one attached hydrogen (secondary N) is 1. The molecule has 1 saturated heterocycles. The van der Waals surface area contributed by atoms with E-state index in [-0.39, 0.29) is 10.6 Å². The third-order valence-corrected chi connectivity index (χ3v) is 4.08. The van der Waals surface area contributed by atoms with Gasteiger partial charge in [-0.05, 0) is 31.7 Å². The first kappa shape index (κ1) is 12.2. The second-order valence-electron chi connectivity index (χ2n) is 3.72. The van der Waals surface area contributed by atoms with E-state index in [1.54, 1.807) is 17.2 Å². The summed E-state index contributed by atoms with van der Waals surface area (Å²) in [6.07, 6.45) is 0.955. The smallest absolute Gasteiger partial charge is 0.242 e. The summed E-state index contributed by atoms with van der Waals surface area (Å²) in [4.78, 5) is 5.44. The number of nitrogens with zero attached hydrogens (tertiary/aromatic N) is 1. The highest BCUT2D eigenvalue weighted by Gasteiger charge is 2.18. The van der Waals surface area contributed by atoms with Gasteiger partial charge in [0.25, 0.3) is 0 Å². The van der Waals surface area contributed by atoms with Crippen molar-refractivity contribution in [1.82, 2.24) is 4.72 Å². The second-order valence-corrected chi connectivity index (χ2v) is 5.57. The number of hydrogen-bond donors (Lipinski definition) is 2. The molecule has 0 radical (unpaired) electrons. The predicted octanol–water partition coefficient (Wildman–Crippen LogP) is 0.319. The summed E-state index contributed by atoms with van der Waals surface area (Å²) in [6, 6.07) is 4.78. The fourth-order valence-electron chi connectivity index (χ4n) is 1.70. The molecule has 6 nitrogen and oxygen atoms in total. The highest BCUT2D eigenvalue weighted by atomic mass is 32.2. The Morgan fingerprint density at radius 2 is 2.24 bits per heavy atom. The van der Waals surface area contributed by atoms with Crippen LogP contribution < -0.4 is 15.5 Å². The third kappa shape index (κ3) is 2.36. The van der Waals surface area contributed by atoms with Crippen LogP contribution in [0, 0.1) is 0 Å². The molecular weight excluding hydrogens is 242 g/mol. The summed E-state index contributed by atoms with van der Waals surface area (Å²) in [5.41, 5.74) is 6.74. The molecule has 1 fully saturated rings. The van der Waals surface area contributed by atoms with E-state index in [0.29, 0.717) is 6.61 Å². The number of benzene rings is 1. The first-order valence-corrected chi connectivity index (χ1v) is 6.76. The minimum Gasteiger partial charge on any atom is -0.398 e. The van der Waals surface area contributed by atoms with E-state index in [0.717, 1.165) is 18.7 Å². The van der Waals surface area contributed by atoms with Crippen LogP contribution in [0.5, 0.6) is 0 Å². The molecule has 7 heteroatoms. The molecular formula is C10H15N3O3S. The van der Waals surface area contributed by atoms with Crippen molar-refractivity contribution in [2.45, 2.75) is 11.3 Å². The molecule has 0 saturated carbocycles. The summed E-state index contributed by atoms with van der Waals surface area (Å²) < 4.78 is 25.5. The summed E-state index contributed by atoms with van der Waals surface area (Å²) in [5.74, 6) is 0. The molecule has 0 amide bonds. The molecule has 3 N–H and O–H groups in total. The Bertz CT molecular complexity index is 510. The van der Waals surface area contributed by atoms with Gasteiger partial charge in [0.2, 0.25) is 10.0 Å². The van der Waals surface area contributed by atoms with Gasteiger partial charge in [0.05, 0.1) is 18.0 Å². The molecule has 0 spiro atoms. The topological polar surface area (TPSA) is 84.7 Å². The van der Waals surface area contributed by atoms with Gasteiger partial charge in [-0.15, -0.1) is 0 Å². The maximum absolute atomic E-state index is 11.6. The molecule has 1 aliphatic rings. The highest BCUT2D eigenvalue weighted by molar-refractivity contribution is 7.89. The van der Waals surface area contributed by atoms with Crippen LogP contribution in [-0.4, -0.2) is 28.6 Å². The Labute approximate surface area is 100 Å². The zero-order valence-corrected chi connectivity index (χ0v) is 10.3. The number of rotatable bonds is 3. The zero-order chi connectivity index (χ0) is 12.5. The first-order valence-electron chi connectivity index (χ1n) is 5.28. The van der Waals surface area contributed by atoms with Crippen molar-refractivity contribution in [2.75, 3.05) is 31.0 Å². The average Bonchev–Trinajstić information content (AvgIpc) is 2.82. The van der Waals surface area contributed by atoms with Crippen molar-refractivity contribution in [2.24, 2.45) is 0 Å². The van der Waals surface area contributed by atoms with E-state index in [9.17, 15) is 8.42 Å². The molecule has 1 aromatic rings. The van der Waals surface area contributed by atoms with Gasteiger partial charge in [-0.2, -0.15) is 0 Å². The van der Waals surface area contributed by atoms with E-state index in [2.05, 4.69) is 4.72 Å². The lowest BCUT2D eigenvalue weighted by molar-refractivity contribution is 0.168. The van der Waals surface area contributed by atoms with Gasteiger partial charge in [0, 0.05) is 6.54 Å². The highest BCUT2D eigenvalue weighted by Crippen LogP contribution is 2.26. The van der Waals surface area contributed by atoms with Gasteiger partial charge in [-0.1, -0.05) is 0 Å². The van der Waals surface area contributed by atoms with Crippen LogP contribution in [0.1, 0.15) is 6.42 Å². The number of nitrogen functional groups attached to an aromatic ring is 1. The Kier molecular flexibility index (Phi) is 3.23. The van der Waals surface area contributed by atoms with Crippen LogP contribution in [-0.2, 0) is 14.9 Å².